The maximum Gasteiger partial charge on any atom is 0.0998 e. The van der Waals surface area contributed by atoms with Gasteiger partial charge in [-0.05, 0) is 30.7 Å². The zero-order chi connectivity index (χ0) is 13.6. The number of rotatable bonds is 5. The number of aromatic nitrogens is 2. The molecule has 1 aliphatic heterocycles. The molecule has 0 aliphatic carbocycles. The van der Waals surface area contributed by atoms with E-state index >= 15 is 0 Å². The largest absolute Gasteiger partial charge is 0.313 e. The molecule has 106 valence electrons. The summed E-state index contributed by atoms with van der Waals surface area (Å²) in [5.41, 5.74) is 1.96. The summed E-state index contributed by atoms with van der Waals surface area (Å²) in [6.07, 6.45) is 5.50. The average molecular weight is 305 g/mol. The van der Waals surface area contributed by atoms with Crippen molar-refractivity contribution in [2.75, 3.05) is 18.1 Å². The van der Waals surface area contributed by atoms with Gasteiger partial charge in [-0.1, -0.05) is 6.07 Å². The van der Waals surface area contributed by atoms with Crippen molar-refractivity contribution in [3.05, 3.63) is 34.8 Å². The molecule has 1 atom stereocenters. The van der Waals surface area contributed by atoms with E-state index in [9.17, 15) is 0 Å². The first-order chi connectivity index (χ1) is 9.92. The summed E-state index contributed by atoms with van der Waals surface area (Å²) >= 11 is 3.80. The summed E-state index contributed by atoms with van der Waals surface area (Å²) in [4.78, 5) is 9.02. The average Bonchev–Trinajstić information content (AvgIpc) is 2.98. The minimum Gasteiger partial charge on any atom is -0.313 e. The first kappa shape index (κ1) is 14.0. The van der Waals surface area contributed by atoms with Crippen molar-refractivity contribution < 1.29 is 0 Å². The lowest BCUT2D eigenvalue weighted by Gasteiger charge is -2.22. The van der Waals surface area contributed by atoms with E-state index in [2.05, 4.69) is 32.4 Å². The van der Waals surface area contributed by atoms with Crippen LogP contribution in [0.15, 0.2) is 29.8 Å². The normalized spacial score (nSPS) is 19.1. The fourth-order valence-electron chi connectivity index (χ4n) is 2.34. The Kier molecular flexibility index (Phi) is 5.06. The first-order valence-electron chi connectivity index (χ1n) is 7.09. The molecule has 0 aromatic carbocycles. The highest BCUT2D eigenvalue weighted by Crippen LogP contribution is 2.20. The maximum atomic E-state index is 4.67. The minimum atomic E-state index is 0.698. The Morgan fingerprint density at radius 3 is 3.10 bits per heavy atom. The summed E-state index contributed by atoms with van der Waals surface area (Å²) in [5.74, 6) is 2.59. The molecule has 0 bridgehead atoms. The topological polar surface area (TPSA) is 37.8 Å². The van der Waals surface area contributed by atoms with Crippen molar-refractivity contribution in [3.8, 4) is 11.4 Å². The van der Waals surface area contributed by atoms with Gasteiger partial charge in [0.05, 0.1) is 16.4 Å². The Morgan fingerprint density at radius 1 is 1.30 bits per heavy atom. The fourth-order valence-corrected chi connectivity index (χ4v) is 4.24. The van der Waals surface area contributed by atoms with Gasteiger partial charge in [0, 0.05) is 36.3 Å². The molecule has 20 heavy (non-hydrogen) atoms. The van der Waals surface area contributed by atoms with Crippen LogP contribution in [0.1, 0.15) is 17.8 Å². The highest BCUT2D eigenvalue weighted by molar-refractivity contribution is 7.99. The molecule has 1 fully saturated rings. The molecule has 1 N–H and O–H groups in total. The number of thioether (sulfide) groups is 1. The summed E-state index contributed by atoms with van der Waals surface area (Å²) in [6.45, 7) is 1.03. The second kappa shape index (κ2) is 7.20. The van der Waals surface area contributed by atoms with Gasteiger partial charge < -0.3 is 5.32 Å². The van der Waals surface area contributed by atoms with Gasteiger partial charge in [-0.2, -0.15) is 11.8 Å². The molecule has 1 aliphatic rings. The van der Waals surface area contributed by atoms with Gasteiger partial charge in [0.1, 0.15) is 0 Å². The Labute approximate surface area is 128 Å². The second-order valence-electron chi connectivity index (χ2n) is 4.96. The number of pyridine rings is 1. The van der Waals surface area contributed by atoms with Crippen molar-refractivity contribution in [1.29, 1.82) is 0 Å². The molecule has 2 aromatic heterocycles. The van der Waals surface area contributed by atoms with Gasteiger partial charge in [0.25, 0.3) is 0 Å². The fraction of sp³-hybridized carbons (Fsp3) is 0.467. The molecule has 0 spiro atoms. The number of nitrogens with zero attached hydrogens (tertiary/aromatic N) is 2. The third-order valence-corrected chi connectivity index (χ3v) is 5.54. The molecule has 5 heteroatoms. The molecule has 0 unspecified atom stereocenters. The third-order valence-electron chi connectivity index (χ3n) is 3.41. The van der Waals surface area contributed by atoms with Crippen LogP contribution >= 0.6 is 23.1 Å². The van der Waals surface area contributed by atoms with Gasteiger partial charge in [-0.3, -0.25) is 4.98 Å². The Bertz CT molecular complexity index is 521. The van der Waals surface area contributed by atoms with Crippen molar-refractivity contribution in [2.45, 2.75) is 25.3 Å². The van der Waals surface area contributed by atoms with Crippen LogP contribution < -0.4 is 5.32 Å². The van der Waals surface area contributed by atoms with Crippen LogP contribution in [0.4, 0.5) is 0 Å². The number of hydrogen-bond donors (Lipinski definition) is 1. The second-order valence-corrected chi connectivity index (χ2v) is 7.05. The molecule has 3 rings (SSSR count). The summed E-state index contributed by atoms with van der Waals surface area (Å²) < 4.78 is 0. The number of thiazole rings is 1. The van der Waals surface area contributed by atoms with Gasteiger partial charge in [-0.15, -0.1) is 11.3 Å². The highest BCUT2D eigenvalue weighted by Gasteiger charge is 2.13. The first-order valence-corrected chi connectivity index (χ1v) is 9.12. The van der Waals surface area contributed by atoms with E-state index in [0.717, 1.165) is 24.4 Å². The highest BCUT2D eigenvalue weighted by atomic mass is 32.2. The predicted octanol–water partition coefficient (Wildman–Crippen LogP) is 3.23. The van der Waals surface area contributed by atoms with E-state index in [4.69, 9.17) is 0 Å². The van der Waals surface area contributed by atoms with Gasteiger partial charge in [-0.25, -0.2) is 4.98 Å². The molecular weight excluding hydrogens is 286 g/mol. The van der Waals surface area contributed by atoms with Gasteiger partial charge in [0.15, 0.2) is 0 Å². The Balaban J connectivity index is 1.50. The van der Waals surface area contributed by atoms with Gasteiger partial charge in [0.2, 0.25) is 0 Å². The Hall–Kier alpha value is -0.910. The van der Waals surface area contributed by atoms with Crippen LogP contribution in [0.3, 0.4) is 0 Å². The van der Waals surface area contributed by atoms with Crippen LogP contribution in [0, 0.1) is 0 Å². The number of hydrogen-bond acceptors (Lipinski definition) is 5. The van der Waals surface area contributed by atoms with E-state index in [1.807, 2.05) is 24.4 Å². The molecule has 3 nitrogen and oxygen atoms in total. The van der Waals surface area contributed by atoms with E-state index in [1.165, 1.54) is 29.4 Å². The van der Waals surface area contributed by atoms with Crippen molar-refractivity contribution in [2.24, 2.45) is 0 Å². The van der Waals surface area contributed by atoms with Crippen molar-refractivity contribution >= 4 is 23.1 Å². The number of nitrogens with one attached hydrogen (secondary N) is 1. The van der Waals surface area contributed by atoms with E-state index in [-0.39, 0.29) is 0 Å². The van der Waals surface area contributed by atoms with Crippen molar-refractivity contribution in [3.63, 3.8) is 0 Å². The Morgan fingerprint density at radius 2 is 2.30 bits per heavy atom. The van der Waals surface area contributed by atoms with Crippen molar-refractivity contribution in [1.82, 2.24) is 15.3 Å². The van der Waals surface area contributed by atoms with Crippen LogP contribution in [0.25, 0.3) is 11.4 Å². The molecular formula is C15H19N3S2. The standard InChI is InChI=1S/C15H19N3S2/c1-2-7-17-13(5-1)14-11-20-15(18-14)6-8-16-12-4-3-9-19-10-12/h1-2,5,7,11-12,16H,3-4,6,8-10H2/t12-/m0/s1. The smallest absolute Gasteiger partial charge is 0.0998 e. The van der Waals surface area contributed by atoms with Crippen LogP contribution in [-0.4, -0.2) is 34.1 Å². The molecule has 0 saturated carbocycles. The predicted molar refractivity (Wildman–Crippen MR) is 87.4 cm³/mol. The van der Waals surface area contributed by atoms with Gasteiger partial charge >= 0.3 is 0 Å². The van der Waals surface area contributed by atoms with Crippen LogP contribution in [0.2, 0.25) is 0 Å². The summed E-state index contributed by atoms with van der Waals surface area (Å²) in [7, 11) is 0. The summed E-state index contributed by atoms with van der Waals surface area (Å²) in [5, 5.41) is 6.95. The third kappa shape index (κ3) is 3.81. The molecule has 2 aromatic rings. The maximum absolute atomic E-state index is 4.67. The molecule has 0 radical (unpaired) electrons. The zero-order valence-electron chi connectivity index (χ0n) is 11.4. The van der Waals surface area contributed by atoms with Crippen LogP contribution in [0.5, 0.6) is 0 Å². The lowest BCUT2D eigenvalue weighted by molar-refractivity contribution is 0.511. The van der Waals surface area contributed by atoms with E-state index in [1.54, 1.807) is 11.3 Å². The SMILES string of the molecule is c1ccc(-c2csc(CCN[C@H]3CCCSC3)n2)nc1. The summed E-state index contributed by atoms with van der Waals surface area (Å²) in [6, 6.07) is 6.65. The van der Waals surface area contributed by atoms with E-state index in [0.29, 0.717) is 6.04 Å². The quantitative estimate of drug-likeness (QED) is 0.920. The molecule has 0 amide bonds. The van der Waals surface area contributed by atoms with Crippen LogP contribution in [-0.2, 0) is 6.42 Å². The molecule has 3 heterocycles. The zero-order valence-corrected chi connectivity index (χ0v) is 13.1. The molecule has 1 saturated heterocycles. The van der Waals surface area contributed by atoms with E-state index < -0.39 is 0 Å². The minimum absolute atomic E-state index is 0.698. The lowest BCUT2D eigenvalue weighted by Crippen LogP contribution is -2.35. The lowest BCUT2D eigenvalue weighted by atomic mass is 10.2. The monoisotopic (exact) mass is 305 g/mol.